The Kier molecular flexibility index (Phi) is 4.24. The lowest BCUT2D eigenvalue weighted by atomic mass is 10.1. The first kappa shape index (κ1) is 17.0. The van der Waals surface area contributed by atoms with E-state index in [1.807, 2.05) is 61.5 Å². The highest BCUT2D eigenvalue weighted by Crippen LogP contribution is 2.22. The van der Waals surface area contributed by atoms with Gasteiger partial charge in [0.2, 0.25) is 0 Å². The van der Waals surface area contributed by atoms with Crippen LogP contribution in [0.25, 0.3) is 22.4 Å². The second-order valence-corrected chi connectivity index (χ2v) is 6.94. The third-order valence-electron chi connectivity index (χ3n) is 4.82. The van der Waals surface area contributed by atoms with Crippen LogP contribution in [0.5, 0.6) is 0 Å². The van der Waals surface area contributed by atoms with Crippen LogP contribution in [0.4, 0.5) is 5.69 Å². The number of benzene rings is 3. The van der Waals surface area contributed by atoms with Crippen molar-refractivity contribution >= 4 is 22.6 Å². The van der Waals surface area contributed by atoms with Crippen molar-refractivity contribution in [3.05, 3.63) is 82.9 Å². The van der Waals surface area contributed by atoms with Gasteiger partial charge in [0.1, 0.15) is 5.82 Å². The average molecular weight is 355 g/mol. The second kappa shape index (κ2) is 6.72. The molecule has 0 bridgehead atoms. The van der Waals surface area contributed by atoms with Gasteiger partial charge in [-0.2, -0.15) is 0 Å². The number of anilines is 1. The van der Waals surface area contributed by atoms with Gasteiger partial charge in [0.25, 0.3) is 5.91 Å². The Balaban J connectivity index is 1.55. The van der Waals surface area contributed by atoms with E-state index in [-0.39, 0.29) is 5.91 Å². The highest BCUT2D eigenvalue weighted by molar-refractivity contribution is 6.04. The van der Waals surface area contributed by atoms with Crippen molar-refractivity contribution in [2.24, 2.45) is 0 Å². The van der Waals surface area contributed by atoms with Gasteiger partial charge in [0.05, 0.1) is 11.0 Å². The summed E-state index contributed by atoms with van der Waals surface area (Å²) in [6, 6.07) is 19.5. The van der Waals surface area contributed by atoms with E-state index in [1.165, 1.54) is 11.1 Å². The first-order valence-corrected chi connectivity index (χ1v) is 8.95. The van der Waals surface area contributed by atoms with Crippen LogP contribution in [-0.2, 0) is 0 Å². The first-order valence-electron chi connectivity index (χ1n) is 8.95. The van der Waals surface area contributed by atoms with Crippen LogP contribution in [0.2, 0.25) is 0 Å². The van der Waals surface area contributed by atoms with Gasteiger partial charge in [-0.05, 0) is 73.9 Å². The Hall–Kier alpha value is -3.40. The summed E-state index contributed by atoms with van der Waals surface area (Å²) in [6.07, 6.45) is 0. The summed E-state index contributed by atoms with van der Waals surface area (Å²) in [5.41, 5.74) is 7.88. The normalized spacial score (nSPS) is 10.9. The van der Waals surface area contributed by atoms with Crippen molar-refractivity contribution in [1.29, 1.82) is 0 Å². The van der Waals surface area contributed by atoms with E-state index in [9.17, 15) is 4.79 Å². The summed E-state index contributed by atoms with van der Waals surface area (Å²) in [5.74, 6) is 0.682. The predicted molar refractivity (Wildman–Crippen MR) is 110 cm³/mol. The minimum absolute atomic E-state index is 0.120. The molecule has 0 radical (unpaired) electrons. The molecule has 0 spiro atoms. The molecule has 0 aliphatic rings. The van der Waals surface area contributed by atoms with E-state index in [0.29, 0.717) is 5.56 Å². The zero-order valence-electron chi connectivity index (χ0n) is 15.6. The highest BCUT2D eigenvalue weighted by atomic mass is 16.1. The molecule has 1 amide bonds. The third kappa shape index (κ3) is 3.47. The largest absolute Gasteiger partial charge is 0.338 e. The van der Waals surface area contributed by atoms with Gasteiger partial charge in [-0.15, -0.1) is 0 Å². The third-order valence-corrected chi connectivity index (χ3v) is 4.82. The number of carbonyl (C=O) groups is 1. The molecule has 134 valence electrons. The lowest BCUT2D eigenvalue weighted by molar-refractivity contribution is 0.102. The van der Waals surface area contributed by atoms with Crippen LogP contribution in [0.15, 0.2) is 60.7 Å². The van der Waals surface area contributed by atoms with Crippen molar-refractivity contribution in [2.45, 2.75) is 20.8 Å². The Bertz CT molecular complexity index is 1140. The van der Waals surface area contributed by atoms with E-state index >= 15 is 0 Å². The SMILES string of the molecule is Cc1ccc2nc(-c3ccc(C(=O)Nc4ccc(C)c(C)c4)cc3)[nH]c2c1. The van der Waals surface area contributed by atoms with E-state index in [4.69, 9.17) is 0 Å². The quantitative estimate of drug-likeness (QED) is 0.516. The number of imidazole rings is 1. The van der Waals surface area contributed by atoms with Crippen molar-refractivity contribution in [1.82, 2.24) is 9.97 Å². The number of H-pyrrole nitrogens is 1. The number of aromatic nitrogens is 2. The van der Waals surface area contributed by atoms with Crippen LogP contribution in [0.1, 0.15) is 27.0 Å². The van der Waals surface area contributed by atoms with Gasteiger partial charge in [0.15, 0.2) is 0 Å². The average Bonchev–Trinajstić information content (AvgIpc) is 3.08. The minimum Gasteiger partial charge on any atom is -0.338 e. The monoisotopic (exact) mass is 355 g/mol. The number of rotatable bonds is 3. The fourth-order valence-electron chi connectivity index (χ4n) is 3.06. The number of aryl methyl sites for hydroxylation is 3. The molecular weight excluding hydrogens is 334 g/mol. The molecule has 2 N–H and O–H groups in total. The summed E-state index contributed by atoms with van der Waals surface area (Å²) < 4.78 is 0. The fourth-order valence-corrected chi connectivity index (χ4v) is 3.06. The predicted octanol–water partition coefficient (Wildman–Crippen LogP) is 5.41. The molecule has 1 aromatic heterocycles. The Labute approximate surface area is 158 Å². The maximum atomic E-state index is 12.5. The molecule has 1 heterocycles. The Morgan fingerprint density at radius 1 is 0.889 bits per heavy atom. The number of nitrogens with zero attached hydrogens (tertiary/aromatic N) is 1. The van der Waals surface area contributed by atoms with E-state index in [1.54, 1.807) is 0 Å². The minimum atomic E-state index is -0.120. The molecule has 4 nitrogen and oxygen atoms in total. The summed E-state index contributed by atoms with van der Waals surface area (Å²) in [7, 11) is 0. The maximum Gasteiger partial charge on any atom is 0.255 e. The smallest absolute Gasteiger partial charge is 0.255 e. The van der Waals surface area contributed by atoms with Crippen LogP contribution in [0.3, 0.4) is 0 Å². The zero-order chi connectivity index (χ0) is 19.0. The molecule has 4 rings (SSSR count). The summed E-state index contributed by atoms with van der Waals surface area (Å²) in [4.78, 5) is 20.5. The molecule has 0 unspecified atom stereocenters. The molecule has 0 saturated carbocycles. The van der Waals surface area contributed by atoms with Crippen molar-refractivity contribution in [3.63, 3.8) is 0 Å². The topological polar surface area (TPSA) is 57.8 Å². The zero-order valence-corrected chi connectivity index (χ0v) is 15.6. The highest BCUT2D eigenvalue weighted by Gasteiger charge is 2.09. The van der Waals surface area contributed by atoms with Gasteiger partial charge in [-0.25, -0.2) is 4.98 Å². The molecular formula is C23H21N3O. The number of aromatic amines is 1. The Morgan fingerprint density at radius 3 is 2.41 bits per heavy atom. The fraction of sp³-hybridized carbons (Fsp3) is 0.130. The van der Waals surface area contributed by atoms with Gasteiger partial charge >= 0.3 is 0 Å². The molecule has 0 saturated heterocycles. The summed E-state index contributed by atoms with van der Waals surface area (Å²) >= 11 is 0. The second-order valence-electron chi connectivity index (χ2n) is 6.94. The number of hydrogen-bond acceptors (Lipinski definition) is 2. The first-order chi connectivity index (χ1) is 13.0. The van der Waals surface area contributed by atoms with E-state index in [2.05, 4.69) is 35.2 Å². The lowest BCUT2D eigenvalue weighted by Crippen LogP contribution is -2.11. The van der Waals surface area contributed by atoms with Gasteiger partial charge in [-0.3, -0.25) is 4.79 Å². The van der Waals surface area contributed by atoms with Crippen molar-refractivity contribution in [3.8, 4) is 11.4 Å². The number of carbonyl (C=O) groups excluding carboxylic acids is 1. The van der Waals surface area contributed by atoms with Gasteiger partial charge in [0, 0.05) is 16.8 Å². The van der Waals surface area contributed by atoms with E-state index < -0.39 is 0 Å². The van der Waals surface area contributed by atoms with Crippen LogP contribution >= 0.6 is 0 Å². The van der Waals surface area contributed by atoms with Crippen molar-refractivity contribution in [2.75, 3.05) is 5.32 Å². The van der Waals surface area contributed by atoms with Gasteiger partial charge < -0.3 is 10.3 Å². The number of hydrogen-bond donors (Lipinski definition) is 2. The Morgan fingerprint density at radius 2 is 1.67 bits per heavy atom. The molecule has 27 heavy (non-hydrogen) atoms. The van der Waals surface area contributed by atoms with E-state index in [0.717, 1.165) is 33.7 Å². The summed E-state index contributed by atoms with van der Waals surface area (Å²) in [6.45, 7) is 6.15. The maximum absolute atomic E-state index is 12.5. The summed E-state index contributed by atoms with van der Waals surface area (Å²) in [5, 5.41) is 2.95. The molecule has 4 heteroatoms. The van der Waals surface area contributed by atoms with Crippen LogP contribution in [-0.4, -0.2) is 15.9 Å². The molecule has 0 atom stereocenters. The number of nitrogens with one attached hydrogen (secondary N) is 2. The number of fused-ring (bicyclic) bond motifs is 1. The lowest BCUT2D eigenvalue weighted by Gasteiger charge is -2.08. The van der Waals surface area contributed by atoms with Crippen molar-refractivity contribution < 1.29 is 4.79 Å². The molecule has 0 aliphatic heterocycles. The molecule has 0 aliphatic carbocycles. The van der Waals surface area contributed by atoms with Crippen LogP contribution in [0, 0.1) is 20.8 Å². The van der Waals surface area contributed by atoms with Gasteiger partial charge in [-0.1, -0.05) is 24.3 Å². The molecule has 4 aromatic rings. The molecule has 3 aromatic carbocycles. The number of amides is 1. The van der Waals surface area contributed by atoms with Crippen LogP contribution < -0.4 is 5.32 Å². The standard InChI is InChI=1S/C23H21N3O/c1-14-4-11-20-21(12-14)26-22(25-20)17-6-8-18(9-7-17)23(27)24-19-10-5-15(2)16(3)13-19/h4-13H,1-3H3,(H,24,27)(H,25,26). The molecule has 0 fully saturated rings.